The van der Waals surface area contributed by atoms with Gasteiger partial charge in [0, 0.05) is 12.3 Å². The maximum absolute atomic E-state index is 11.1. The molecule has 0 bridgehead atoms. The summed E-state index contributed by atoms with van der Waals surface area (Å²) in [5, 5.41) is 0. The van der Waals surface area contributed by atoms with Crippen molar-refractivity contribution in [2.45, 2.75) is 32.6 Å². The fourth-order valence-electron chi connectivity index (χ4n) is 2.29. The lowest BCUT2D eigenvalue weighted by Gasteiger charge is -2.29. The normalized spacial score (nSPS) is 34.6. The van der Waals surface area contributed by atoms with E-state index in [1.54, 1.807) is 5.57 Å². The Hall–Kier alpha value is -0.590. The van der Waals surface area contributed by atoms with Crippen LogP contribution in [0.5, 0.6) is 0 Å². The maximum Gasteiger partial charge on any atom is 0.140 e. The molecule has 0 saturated heterocycles. The van der Waals surface area contributed by atoms with Crippen LogP contribution in [-0.4, -0.2) is 5.78 Å². The lowest BCUT2D eigenvalue weighted by molar-refractivity contribution is -0.120. The molecule has 0 N–H and O–H groups in total. The number of fused-ring (bicyclic) bond motifs is 1. The van der Waals surface area contributed by atoms with Crippen LogP contribution in [0.4, 0.5) is 0 Å². The molecule has 0 aromatic carbocycles. The standard InChI is InChI=1S/C10H14O/c1-2-3-7-6-9-8(7)4-5-10(9)11/h6,8-9H,2-5H2,1H3/t8-,9+/m1/s1. The second kappa shape index (κ2) is 2.47. The van der Waals surface area contributed by atoms with Crippen LogP contribution in [0.15, 0.2) is 11.6 Å². The highest BCUT2D eigenvalue weighted by Gasteiger charge is 2.41. The van der Waals surface area contributed by atoms with Gasteiger partial charge < -0.3 is 0 Å². The molecular weight excluding hydrogens is 136 g/mol. The average molecular weight is 150 g/mol. The fraction of sp³-hybridized carbons (Fsp3) is 0.700. The van der Waals surface area contributed by atoms with E-state index in [-0.39, 0.29) is 0 Å². The quantitative estimate of drug-likeness (QED) is 0.552. The van der Waals surface area contributed by atoms with Crippen molar-refractivity contribution < 1.29 is 4.79 Å². The molecule has 0 aromatic rings. The number of Topliss-reactive ketones (excluding diaryl/α,β-unsaturated/α-hetero) is 1. The molecule has 0 spiro atoms. The molecule has 0 radical (unpaired) electrons. The largest absolute Gasteiger partial charge is 0.299 e. The van der Waals surface area contributed by atoms with Gasteiger partial charge in [0.15, 0.2) is 0 Å². The monoisotopic (exact) mass is 150 g/mol. The van der Waals surface area contributed by atoms with E-state index in [0.717, 1.165) is 12.8 Å². The van der Waals surface area contributed by atoms with E-state index in [9.17, 15) is 4.79 Å². The third-order valence-electron chi connectivity index (χ3n) is 2.92. The Labute approximate surface area is 67.5 Å². The number of carbonyl (C=O) groups is 1. The molecule has 1 nitrogen and oxygen atoms in total. The molecule has 60 valence electrons. The Morgan fingerprint density at radius 3 is 3.09 bits per heavy atom. The second-order valence-electron chi connectivity index (χ2n) is 3.63. The van der Waals surface area contributed by atoms with Gasteiger partial charge in [-0.25, -0.2) is 0 Å². The van der Waals surface area contributed by atoms with E-state index in [0.29, 0.717) is 17.6 Å². The summed E-state index contributed by atoms with van der Waals surface area (Å²) in [4.78, 5) is 11.1. The van der Waals surface area contributed by atoms with E-state index < -0.39 is 0 Å². The van der Waals surface area contributed by atoms with Crippen molar-refractivity contribution >= 4 is 5.78 Å². The van der Waals surface area contributed by atoms with Gasteiger partial charge in [0.25, 0.3) is 0 Å². The highest BCUT2D eigenvalue weighted by atomic mass is 16.1. The minimum Gasteiger partial charge on any atom is -0.299 e. The molecule has 0 unspecified atom stereocenters. The summed E-state index contributed by atoms with van der Waals surface area (Å²) < 4.78 is 0. The van der Waals surface area contributed by atoms with E-state index in [4.69, 9.17) is 0 Å². The molecule has 0 aliphatic heterocycles. The third-order valence-corrected chi connectivity index (χ3v) is 2.92. The molecule has 1 saturated carbocycles. The average Bonchev–Trinajstić information content (AvgIpc) is 2.22. The highest BCUT2D eigenvalue weighted by molar-refractivity contribution is 5.87. The molecule has 2 aliphatic carbocycles. The van der Waals surface area contributed by atoms with Gasteiger partial charge in [0.2, 0.25) is 0 Å². The summed E-state index contributed by atoms with van der Waals surface area (Å²) in [6.45, 7) is 2.20. The molecule has 2 aliphatic rings. The van der Waals surface area contributed by atoms with Gasteiger partial charge in [-0.1, -0.05) is 25.0 Å². The van der Waals surface area contributed by atoms with Gasteiger partial charge in [-0.3, -0.25) is 4.79 Å². The Balaban J connectivity index is 2.04. The van der Waals surface area contributed by atoms with Crippen molar-refractivity contribution in [2.24, 2.45) is 11.8 Å². The van der Waals surface area contributed by atoms with E-state index in [1.165, 1.54) is 12.8 Å². The van der Waals surface area contributed by atoms with Crippen molar-refractivity contribution in [3.05, 3.63) is 11.6 Å². The van der Waals surface area contributed by atoms with Gasteiger partial charge in [-0.05, 0) is 18.8 Å². The zero-order chi connectivity index (χ0) is 7.84. The minimum absolute atomic E-state index is 0.344. The fourth-order valence-corrected chi connectivity index (χ4v) is 2.29. The summed E-state index contributed by atoms with van der Waals surface area (Å²) in [5.41, 5.74) is 1.56. The van der Waals surface area contributed by atoms with Crippen molar-refractivity contribution in [3.8, 4) is 0 Å². The lowest BCUT2D eigenvalue weighted by atomic mass is 9.75. The molecule has 0 aromatic heterocycles. The highest BCUT2D eigenvalue weighted by Crippen LogP contribution is 2.45. The molecule has 1 heteroatoms. The first-order valence-electron chi connectivity index (χ1n) is 4.56. The number of hydrogen-bond donors (Lipinski definition) is 0. The summed E-state index contributed by atoms with van der Waals surface area (Å²) in [5.74, 6) is 1.49. The second-order valence-corrected chi connectivity index (χ2v) is 3.63. The molecule has 0 heterocycles. The van der Waals surface area contributed by atoms with Gasteiger partial charge in [-0.15, -0.1) is 0 Å². The van der Waals surface area contributed by atoms with Crippen LogP contribution in [0.2, 0.25) is 0 Å². The van der Waals surface area contributed by atoms with Gasteiger partial charge in [0.05, 0.1) is 0 Å². The summed E-state index contributed by atoms with van der Waals surface area (Å²) in [6.07, 6.45) is 6.61. The van der Waals surface area contributed by atoms with Crippen molar-refractivity contribution in [3.63, 3.8) is 0 Å². The number of hydrogen-bond acceptors (Lipinski definition) is 1. The summed E-state index contributed by atoms with van der Waals surface area (Å²) in [6, 6.07) is 0. The predicted molar refractivity (Wildman–Crippen MR) is 44.2 cm³/mol. The van der Waals surface area contributed by atoms with Crippen LogP contribution in [-0.2, 0) is 4.79 Å². The first-order chi connectivity index (χ1) is 5.33. The molecule has 2 atom stereocenters. The molecule has 2 rings (SSSR count). The number of ketones is 1. The molecule has 11 heavy (non-hydrogen) atoms. The maximum atomic E-state index is 11.1. The van der Waals surface area contributed by atoms with Crippen LogP contribution in [0.1, 0.15) is 32.6 Å². The Morgan fingerprint density at radius 1 is 1.64 bits per heavy atom. The summed E-state index contributed by atoms with van der Waals surface area (Å²) in [7, 11) is 0. The topological polar surface area (TPSA) is 17.1 Å². The number of rotatable bonds is 2. The van der Waals surface area contributed by atoms with Crippen molar-refractivity contribution in [2.75, 3.05) is 0 Å². The van der Waals surface area contributed by atoms with Crippen molar-refractivity contribution in [1.29, 1.82) is 0 Å². The van der Waals surface area contributed by atoms with Crippen LogP contribution in [0.3, 0.4) is 0 Å². The third kappa shape index (κ3) is 0.943. The van der Waals surface area contributed by atoms with Gasteiger partial charge >= 0.3 is 0 Å². The van der Waals surface area contributed by atoms with Gasteiger partial charge in [0.1, 0.15) is 5.78 Å². The van der Waals surface area contributed by atoms with Gasteiger partial charge in [-0.2, -0.15) is 0 Å². The van der Waals surface area contributed by atoms with Crippen LogP contribution in [0, 0.1) is 11.8 Å². The Bertz CT molecular complexity index is 215. The zero-order valence-electron chi connectivity index (χ0n) is 6.97. The van der Waals surface area contributed by atoms with Crippen LogP contribution >= 0.6 is 0 Å². The van der Waals surface area contributed by atoms with Crippen LogP contribution < -0.4 is 0 Å². The minimum atomic E-state index is 0.344. The Kier molecular flexibility index (Phi) is 1.59. The molecule has 0 amide bonds. The van der Waals surface area contributed by atoms with Crippen molar-refractivity contribution in [1.82, 2.24) is 0 Å². The van der Waals surface area contributed by atoms with E-state index in [1.807, 2.05) is 0 Å². The van der Waals surface area contributed by atoms with E-state index in [2.05, 4.69) is 13.0 Å². The Morgan fingerprint density at radius 2 is 2.45 bits per heavy atom. The molecular formula is C10H14O. The first-order valence-corrected chi connectivity index (χ1v) is 4.56. The lowest BCUT2D eigenvalue weighted by Crippen LogP contribution is -2.23. The van der Waals surface area contributed by atoms with Crippen LogP contribution in [0.25, 0.3) is 0 Å². The number of allylic oxidation sites excluding steroid dienone is 2. The smallest absolute Gasteiger partial charge is 0.140 e. The zero-order valence-corrected chi connectivity index (χ0v) is 6.97. The molecule has 1 fully saturated rings. The summed E-state index contributed by atoms with van der Waals surface area (Å²) >= 11 is 0. The SMILES string of the molecule is CCCC1=C[C@@H]2C(=O)CC[C@H]12. The van der Waals surface area contributed by atoms with E-state index >= 15 is 0 Å². The first kappa shape index (κ1) is 7.08. The number of carbonyl (C=O) groups excluding carboxylic acids is 1. The predicted octanol–water partition coefficient (Wildman–Crippen LogP) is 2.32.